The minimum Gasteiger partial charge on any atom is -0.504 e. The van der Waals surface area contributed by atoms with Gasteiger partial charge in [-0.15, -0.1) is 0 Å². The van der Waals surface area contributed by atoms with Gasteiger partial charge in [-0.25, -0.2) is 4.39 Å². The molecule has 15 heavy (non-hydrogen) atoms. The third kappa shape index (κ3) is 2.41. The molecule has 0 aliphatic carbocycles. The second-order valence-electron chi connectivity index (χ2n) is 3.43. The molecular weight excluding hydrogens is 265 g/mol. The van der Waals surface area contributed by atoms with Gasteiger partial charge < -0.3 is 15.9 Å². The Balaban J connectivity index is 3.23. The molecule has 1 aromatic rings. The number of nitrogens with two attached hydrogens (primary N) is 1. The van der Waals surface area contributed by atoms with Gasteiger partial charge in [0.25, 0.3) is 0 Å². The molecule has 0 saturated heterocycles. The summed E-state index contributed by atoms with van der Waals surface area (Å²) in [6.07, 6.45) is 0.611. The van der Waals surface area contributed by atoms with Gasteiger partial charge in [0.2, 0.25) is 0 Å². The summed E-state index contributed by atoms with van der Waals surface area (Å²) in [6.45, 7) is 2.25. The Bertz CT molecular complexity index is 371. The first-order valence-corrected chi connectivity index (χ1v) is 5.38. The van der Waals surface area contributed by atoms with E-state index in [1.165, 1.54) is 6.07 Å². The van der Waals surface area contributed by atoms with Crippen molar-refractivity contribution in [3.63, 3.8) is 0 Å². The highest BCUT2D eigenvalue weighted by Crippen LogP contribution is 2.39. The summed E-state index contributed by atoms with van der Waals surface area (Å²) in [4.78, 5) is 0. The number of aromatic hydroxyl groups is 2. The first kappa shape index (κ1) is 12.3. The molecule has 84 valence electrons. The van der Waals surface area contributed by atoms with Crippen LogP contribution in [0.2, 0.25) is 0 Å². The fraction of sp³-hybridized carbons (Fsp3) is 0.400. The van der Waals surface area contributed by atoms with Gasteiger partial charge in [0.05, 0.1) is 0 Å². The molecule has 4 N–H and O–H groups in total. The Hall–Kier alpha value is -0.810. The van der Waals surface area contributed by atoms with Crippen LogP contribution in [0.15, 0.2) is 10.5 Å². The van der Waals surface area contributed by atoms with Gasteiger partial charge in [-0.3, -0.25) is 0 Å². The summed E-state index contributed by atoms with van der Waals surface area (Å²) in [5, 5.41) is 18.4. The number of hydrogen-bond acceptors (Lipinski definition) is 3. The molecule has 0 radical (unpaired) electrons. The van der Waals surface area contributed by atoms with Crippen LogP contribution in [0.3, 0.4) is 0 Å². The van der Waals surface area contributed by atoms with E-state index >= 15 is 0 Å². The van der Waals surface area contributed by atoms with Gasteiger partial charge in [-0.1, -0.05) is 22.9 Å². The zero-order valence-electron chi connectivity index (χ0n) is 8.30. The third-order valence-corrected chi connectivity index (χ3v) is 2.96. The molecule has 0 heterocycles. The molecule has 3 nitrogen and oxygen atoms in total. The molecule has 0 amide bonds. The van der Waals surface area contributed by atoms with Crippen molar-refractivity contribution in [1.82, 2.24) is 0 Å². The molecule has 1 atom stereocenters. The monoisotopic (exact) mass is 277 g/mol. The van der Waals surface area contributed by atoms with Gasteiger partial charge in [0.15, 0.2) is 17.3 Å². The standard InChI is InChI=1S/C10H13BrFNO2/c1-5(2-3-13)8-6(11)4-7(14)10(15)9(8)12/h4-5,14-15H,2-3,13H2,1H3. The Morgan fingerprint density at radius 2 is 2.13 bits per heavy atom. The average Bonchev–Trinajstić information content (AvgIpc) is 2.15. The predicted octanol–water partition coefficient (Wildman–Crippen LogP) is 2.45. The Morgan fingerprint density at radius 3 is 2.67 bits per heavy atom. The van der Waals surface area contributed by atoms with E-state index in [1.54, 1.807) is 0 Å². The number of rotatable bonds is 3. The SMILES string of the molecule is CC(CCN)c1c(Br)cc(O)c(O)c1F. The van der Waals surface area contributed by atoms with Crippen LogP contribution in [0.25, 0.3) is 0 Å². The molecule has 0 fully saturated rings. The summed E-state index contributed by atoms with van der Waals surface area (Å²) < 4.78 is 14.1. The van der Waals surface area contributed by atoms with E-state index in [0.717, 1.165) is 0 Å². The Labute approximate surface area is 95.9 Å². The zero-order valence-corrected chi connectivity index (χ0v) is 9.88. The Kier molecular flexibility index (Phi) is 3.93. The molecule has 1 unspecified atom stereocenters. The second kappa shape index (κ2) is 4.81. The molecule has 0 saturated carbocycles. The molecule has 0 aromatic heterocycles. The van der Waals surface area contributed by atoms with Crippen molar-refractivity contribution < 1.29 is 14.6 Å². The van der Waals surface area contributed by atoms with E-state index in [2.05, 4.69) is 15.9 Å². The summed E-state index contributed by atoms with van der Waals surface area (Å²) >= 11 is 3.15. The van der Waals surface area contributed by atoms with Crippen molar-refractivity contribution >= 4 is 15.9 Å². The highest BCUT2D eigenvalue weighted by atomic mass is 79.9. The largest absolute Gasteiger partial charge is 0.504 e. The number of benzene rings is 1. The maximum atomic E-state index is 13.6. The third-order valence-electron chi connectivity index (χ3n) is 2.30. The fourth-order valence-electron chi connectivity index (χ4n) is 1.46. The molecule has 1 rings (SSSR count). The smallest absolute Gasteiger partial charge is 0.194 e. The van der Waals surface area contributed by atoms with Crippen LogP contribution in [0, 0.1) is 5.82 Å². The van der Waals surface area contributed by atoms with E-state index in [9.17, 15) is 14.6 Å². The quantitative estimate of drug-likeness (QED) is 0.744. The molecule has 0 spiro atoms. The van der Waals surface area contributed by atoms with Gasteiger partial charge in [-0.05, 0) is 24.9 Å². The van der Waals surface area contributed by atoms with Crippen molar-refractivity contribution in [2.45, 2.75) is 19.3 Å². The Morgan fingerprint density at radius 1 is 1.53 bits per heavy atom. The number of phenolic OH excluding ortho intramolecular Hbond substituents is 2. The first-order valence-electron chi connectivity index (χ1n) is 4.59. The molecule has 0 aliphatic heterocycles. The maximum Gasteiger partial charge on any atom is 0.194 e. The normalized spacial score (nSPS) is 12.8. The minimum atomic E-state index is -0.789. The van der Waals surface area contributed by atoms with Crippen molar-refractivity contribution in [2.75, 3.05) is 6.54 Å². The number of phenols is 2. The topological polar surface area (TPSA) is 66.5 Å². The second-order valence-corrected chi connectivity index (χ2v) is 4.29. The lowest BCUT2D eigenvalue weighted by Crippen LogP contribution is -2.07. The maximum absolute atomic E-state index is 13.6. The van der Waals surface area contributed by atoms with Crippen LogP contribution in [-0.4, -0.2) is 16.8 Å². The molecule has 0 aliphatic rings. The van der Waals surface area contributed by atoms with Crippen LogP contribution >= 0.6 is 15.9 Å². The lowest BCUT2D eigenvalue weighted by atomic mass is 9.97. The van der Waals surface area contributed by atoms with Crippen molar-refractivity contribution in [3.05, 3.63) is 21.9 Å². The van der Waals surface area contributed by atoms with Crippen molar-refractivity contribution in [2.24, 2.45) is 5.73 Å². The van der Waals surface area contributed by atoms with E-state index in [0.29, 0.717) is 23.0 Å². The van der Waals surface area contributed by atoms with Gasteiger partial charge in [0.1, 0.15) is 0 Å². The van der Waals surface area contributed by atoms with Crippen LogP contribution in [0.5, 0.6) is 11.5 Å². The lowest BCUT2D eigenvalue weighted by molar-refractivity contribution is 0.374. The lowest BCUT2D eigenvalue weighted by Gasteiger charge is -2.15. The zero-order chi connectivity index (χ0) is 11.6. The highest BCUT2D eigenvalue weighted by Gasteiger charge is 2.20. The fourth-order valence-corrected chi connectivity index (χ4v) is 2.24. The molecular formula is C10H13BrFNO2. The molecule has 0 bridgehead atoms. The predicted molar refractivity (Wildman–Crippen MR) is 59.5 cm³/mol. The van der Waals surface area contributed by atoms with Crippen molar-refractivity contribution in [3.8, 4) is 11.5 Å². The van der Waals surface area contributed by atoms with Crippen LogP contribution in [0.1, 0.15) is 24.8 Å². The van der Waals surface area contributed by atoms with Crippen LogP contribution in [-0.2, 0) is 0 Å². The van der Waals surface area contributed by atoms with Crippen molar-refractivity contribution in [1.29, 1.82) is 0 Å². The van der Waals surface area contributed by atoms with Crippen LogP contribution in [0.4, 0.5) is 4.39 Å². The van der Waals surface area contributed by atoms with Gasteiger partial charge >= 0.3 is 0 Å². The van der Waals surface area contributed by atoms with Crippen LogP contribution < -0.4 is 5.73 Å². The summed E-state index contributed by atoms with van der Waals surface area (Å²) in [6, 6.07) is 1.28. The summed E-state index contributed by atoms with van der Waals surface area (Å²) in [5.74, 6) is -2.08. The van der Waals surface area contributed by atoms with E-state index < -0.39 is 17.3 Å². The molecule has 5 heteroatoms. The van der Waals surface area contributed by atoms with E-state index in [1.807, 2.05) is 6.92 Å². The van der Waals surface area contributed by atoms with Gasteiger partial charge in [-0.2, -0.15) is 0 Å². The van der Waals surface area contributed by atoms with Gasteiger partial charge in [0, 0.05) is 10.0 Å². The first-order chi connectivity index (χ1) is 6.99. The summed E-state index contributed by atoms with van der Waals surface area (Å²) in [5.41, 5.74) is 5.73. The number of halogens is 2. The number of hydrogen-bond donors (Lipinski definition) is 3. The van der Waals surface area contributed by atoms with E-state index in [-0.39, 0.29) is 5.92 Å². The molecule has 1 aromatic carbocycles. The average molecular weight is 278 g/mol. The highest BCUT2D eigenvalue weighted by molar-refractivity contribution is 9.10. The summed E-state index contributed by atoms with van der Waals surface area (Å²) in [7, 11) is 0. The van der Waals surface area contributed by atoms with E-state index in [4.69, 9.17) is 5.73 Å². The minimum absolute atomic E-state index is 0.115.